The first-order chi connectivity index (χ1) is 7.19. The summed E-state index contributed by atoms with van der Waals surface area (Å²) in [6, 6.07) is 5.57. The summed E-state index contributed by atoms with van der Waals surface area (Å²) in [5.41, 5.74) is 0.546. The Hall–Kier alpha value is -1.89. The zero-order chi connectivity index (χ0) is 11.3. The van der Waals surface area contributed by atoms with Crippen LogP contribution in [-0.2, 0) is 0 Å². The van der Waals surface area contributed by atoms with Gasteiger partial charge in [0.25, 0.3) is 0 Å². The summed E-state index contributed by atoms with van der Waals surface area (Å²) in [7, 11) is 1.82. The maximum atomic E-state index is 10.8. The highest BCUT2D eigenvalue weighted by Crippen LogP contribution is 2.14. The molecule has 1 rings (SSSR count). The van der Waals surface area contributed by atoms with Gasteiger partial charge in [-0.3, -0.25) is 4.79 Å². The monoisotopic (exact) mass is 203 g/mol. The van der Waals surface area contributed by atoms with E-state index in [2.05, 4.69) is 11.1 Å². The molecule has 0 bridgehead atoms. The molecule has 1 aromatic rings. The lowest BCUT2D eigenvalue weighted by molar-refractivity contribution is 0.112. The number of rotatable bonds is 4. The second kappa shape index (κ2) is 5.11. The molecule has 1 atom stereocenters. The minimum absolute atomic E-state index is 0.0866. The van der Waals surface area contributed by atoms with Crippen molar-refractivity contribution >= 4 is 12.1 Å². The Kier molecular flexibility index (Phi) is 3.81. The Morgan fingerprint density at radius 2 is 2.47 bits per heavy atom. The lowest BCUT2D eigenvalue weighted by Crippen LogP contribution is -2.25. The SMILES string of the molecule is CC(C#N)CN(C)c1ncccc1C=O. The van der Waals surface area contributed by atoms with Gasteiger partial charge in [-0.25, -0.2) is 4.98 Å². The van der Waals surface area contributed by atoms with Crippen LogP contribution in [0.4, 0.5) is 5.82 Å². The van der Waals surface area contributed by atoms with Crippen LogP contribution in [0.15, 0.2) is 18.3 Å². The van der Waals surface area contributed by atoms with E-state index in [1.165, 1.54) is 0 Å². The van der Waals surface area contributed by atoms with Crippen molar-refractivity contribution in [2.24, 2.45) is 5.92 Å². The number of carbonyl (C=O) groups excluding carboxylic acids is 1. The molecule has 4 nitrogen and oxygen atoms in total. The lowest BCUT2D eigenvalue weighted by Gasteiger charge is -2.20. The van der Waals surface area contributed by atoms with Crippen LogP contribution >= 0.6 is 0 Å². The number of anilines is 1. The molecule has 0 saturated heterocycles. The molecule has 0 radical (unpaired) electrons. The van der Waals surface area contributed by atoms with E-state index in [1.54, 1.807) is 18.3 Å². The molecule has 0 N–H and O–H groups in total. The van der Waals surface area contributed by atoms with Crippen molar-refractivity contribution in [2.45, 2.75) is 6.92 Å². The largest absolute Gasteiger partial charge is 0.358 e. The Morgan fingerprint density at radius 3 is 3.07 bits per heavy atom. The van der Waals surface area contributed by atoms with Crippen molar-refractivity contribution in [3.63, 3.8) is 0 Å². The second-order valence-electron chi connectivity index (χ2n) is 3.44. The maximum absolute atomic E-state index is 10.8. The van der Waals surface area contributed by atoms with Gasteiger partial charge in [0.1, 0.15) is 5.82 Å². The maximum Gasteiger partial charge on any atom is 0.153 e. The third-order valence-corrected chi connectivity index (χ3v) is 2.07. The summed E-state index contributed by atoms with van der Waals surface area (Å²) in [5.74, 6) is 0.533. The predicted octanol–water partition coefficient (Wildman–Crippen LogP) is 1.49. The Bertz CT molecular complexity index is 384. The standard InChI is InChI=1S/C11H13N3O/c1-9(6-12)7-14(2)11-10(8-15)4-3-5-13-11/h3-5,8-9H,7H2,1-2H3. The third-order valence-electron chi connectivity index (χ3n) is 2.07. The minimum atomic E-state index is -0.0866. The van der Waals surface area contributed by atoms with Crippen molar-refractivity contribution in [3.8, 4) is 6.07 Å². The van der Waals surface area contributed by atoms with E-state index < -0.39 is 0 Å². The highest BCUT2D eigenvalue weighted by molar-refractivity contribution is 5.82. The van der Waals surface area contributed by atoms with Crippen LogP contribution in [0.25, 0.3) is 0 Å². The molecule has 0 spiro atoms. The van der Waals surface area contributed by atoms with E-state index in [4.69, 9.17) is 5.26 Å². The summed E-state index contributed by atoms with van der Waals surface area (Å²) < 4.78 is 0. The minimum Gasteiger partial charge on any atom is -0.358 e. The summed E-state index contributed by atoms with van der Waals surface area (Å²) in [6.07, 6.45) is 2.41. The topological polar surface area (TPSA) is 57.0 Å². The number of carbonyl (C=O) groups is 1. The number of nitrogens with zero attached hydrogens (tertiary/aromatic N) is 3. The van der Waals surface area contributed by atoms with Gasteiger partial charge in [0.2, 0.25) is 0 Å². The first-order valence-corrected chi connectivity index (χ1v) is 4.70. The average molecular weight is 203 g/mol. The van der Waals surface area contributed by atoms with Crippen LogP contribution in [0, 0.1) is 17.2 Å². The van der Waals surface area contributed by atoms with Crippen molar-refractivity contribution in [3.05, 3.63) is 23.9 Å². The first kappa shape index (κ1) is 11.2. The van der Waals surface area contributed by atoms with Crippen molar-refractivity contribution in [1.29, 1.82) is 5.26 Å². The lowest BCUT2D eigenvalue weighted by atomic mass is 10.2. The number of hydrogen-bond acceptors (Lipinski definition) is 4. The third kappa shape index (κ3) is 2.78. The smallest absolute Gasteiger partial charge is 0.153 e. The molecule has 0 aromatic carbocycles. The Labute approximate surface area is 89.2 Å². The number of nitriles is 1. The molecule has 1 heterocycles. The summed E-state index contributed by atoms with van der Waals surface area (Å²) >= 11 is 0. The van der Waals surface area contributed by atoms with Crippen LogP contribution in [0.3, 0.4) is 0 Å². The van der Waals surface area contributed by atoms with Gasteiger partial charge >= 0.3 is 0 Å². The van der Waals surface area contributed by atoms with E-state index in [0.717, 1.165) is 6.29 Å². The predicted molar refractivity (Wildman–Crippen MR) is 57.7 cm³/mol. The Morgan fingerprint density at radius 1 is 1.73 bits per heavy atom. The van der Waals surface area contributed by atoms with Gasteiger partial charge in [0.15, 0.2) is 6.29 Å². The zero-order valence-corrected chi connectivity index (χ0v) is 8.84. The molecule has 78 valence electrons. The zero-order valence-electron chi connectivity index (χ0n) is 8.84. The highest BCUT2D eigenvalue weighted by Gasteiger charge is 2.10. The molecule has 0 fully saturated rings. The fraction of sp³-hybridized carbons (Fsp3) is 0.364. The van der Waals surface area contributed by atoms with E-state index in [-0.39, 0.29) is 5.92 Å². The second-order valence-corrected chi connectivity index (χ2v) is 3.44. The summed E-state index contributed by atoms with van der Waals surface area (Å²) in [5, 5.41) is 8.69. The Balaban J connectivity index is 2.86. The fourth-order valence-electron chi connectivity index (χ4n) is 1.36. The van der Waals surface area contributed by atoms with Gasteiger partial charge in [0, 0.05) is 19.8 Å². The van der Waals surface area contributed by atoms with Gasteiger partial charge in [0.05, 0.1) is 17.6 Å². The number of hydrogen-bond donors (Lipinski definition) is 0. The van der Waals surface area contributed by atoms with Gasteiger partial charge in [-0.1, -0.05) is 0 Å². The van der Waals surface area contributed by atoms with Crippen LogP contribution in [-0.4, -0.2) is 24.9 Å². The highest BCUT2D eigenvalue weighted by atomic mass is 16.1. The molecular formula is C11H13N3O. The van der Waals surface area contributed by atoms with Gasteiger partial charge in [-0.15, -0.1) is 0 Å². The molecular weight excluding hydrogens is 190 g/mol. The molecule has 0 saturated carbocycles. The molecule has 4 heteroatoms. The number of aromatic nitrogens is 1. The van der Waals surface area contributed by atoms with Crippen LogP contribution in [0.5, 0.6) is 0 Å². The van der Waals surface area contributed by atoms with Crippen LogP contribution in [0.2, 0.25) is 0 Å². The molecule has 0 aliphatic heterocycles. The molecule has 1 aromatic heterocycles. The number of aldehydes is 1. The first-order valence-electron chi connectivity index (χ1n) is 4.70. The van der Waals surface area contributed by atoms with Gasteiger partial charge in [-0.2, -0.15) is 5.26 Å². The fourth-order valence-corrected chi connectivity index (χ4v) is 1.36. The van der Waals surface area contributed by atoms with Gasteiger partial charge < -0.3 is 4.90 Å². The number of pyridine rings is 1. The average Bonchev–Trinajstić information content (AvgIpc) is 2.28. The van der Waals surface area contributed by atoms with E-state index in [0.29, 0.717) is 17.9 Å². The molecule has 0 amide bonds. The molecule has 0 aliphatic carbocycles. The van der Waals surface area contributed by atoms with Crippen molar-refractivity contribution in [2.75, 3.05) is 18.5 Å². The molecule has 1 unspecified atom stereocenters. The van der Waals surface area contributed by atoms with E-state index in [1.807, 2.05) is 18.9 Å². The normalized spacial score (nSPS) is 11.5. The van der Waals surface area contributed by atoms with Crippen LogP contribution in [0.1, 0.15) is 17.3 Å². The summed E-state index contributed by atoms with van der Waals surface area (Å²) in [6.45, 7) is 2.40. The molecule has 0 aliphatic rings. The molecule has 15 heavy (non-hydrogen) atoms. The van der Waals surface area contributed by atoms with E-state index >= 15 is 0 Å². The van der Waals surface area contributed by atoms with Crippen molar-refractivity contribution in [1.82, 2.24) is 4.98 Å². The van der Waals surface area contributed by atoms with Gasteiger partial charge in [-0.05, 0) is 19.1 Å². The summed E-state index contributed by atoms with van der Waals surface area (Å²) in [4.78, 5) is 16.7. The quantitative estimate of drug-likeness (QED) is 0.696. The van der Waals surface area contributed by atoms with Crippen LogP contribution < -0.4 is 4.90 Å². The van der Waals surface area contributed by atoms with Crippen molar-refractivity contribution < 1.29 is 4.79 Å². The van der Waals surface area contributed by atoms with E-state index in [9.17, 15) is 4.79 Å².